The van der Waals surface area contributed by atoms with E-state index in [2.05, 4.69) is 5.10 Å². The van der Waals surface area contributed by atoms with Crippen molar-refractivity contribution in [2.24, 2.45) is 5.73 Å². The first-order chi connectivity index (χ1) is 7.20. The number of hydrogen-bond acceptors (Lipinski definition) is 3. The first-order valence-corrected chi connectivity index (χ1v) is 4.96. The summed E-state index contributed by atoms with van der Waals surface area (Å²) in [5.74, 6) is 0.842. The Hall–Kier alpha value is -1.55. The predicted molar refractivity (Wildman–Crippen MR) is 59.9 cm³/mol. The van der Waals surface area contributed by atoms with Gasteiger partial charge in [-0.3, -0.25) is 4.68 Å². The average molecular weight is 205 g/mol. The van der Waals surface area contributed by atoms with Crippen molar-refractivity contribution in [3.8, 4) is 5.75 Å². The summed E-state index contributed by atoms with van der Waals surface area (Å²) in [7, 11) is 1.66. The first kappa shape index (κ1) is 9.98. The van der Waals surface area contributed by atoms with Crippen molar-refractivity contribution in [1.29, 1.82) is 0 Å². The SMILES string of the molecule is COc1ccc2cnn(C[C@H](C)N)c2c1. The molecule has 4 nitrogen and oxygen atoms in total. The molecule has 0 fully saturated rings. The summed E-state index contributed by atoms with van der Waals surface area (Å²) in [5, 5.41) is 5.40. The van der Waals surface area contributed by atoms with Gasteiger partial charge in [-0.2, -0.15) is 5.10 Å². The van der Waals surface area contributed by atoms with Crippen molar-refractivity contribution in [3.63, 3.8) is 0 Å². The Labute approximate surface area is 88.6 Å². The maximum absolute atomic E-state index is 5.75. The van der Waals surface area contributed by atoms with Crippen molar-refractivity contribution in [3.05, 3.63) is 24.4 Å². The molecule has 0 bridgehead atoms. The van der Waals surface area contributed by atoms with Crippen LogP contribution in [0.5, 0.6) is 5.75 Å². The van der Waals surface area contributed by atoms with E-state index < -0.39 is 0 Å². The summed E-state index contributed by atoms with van der Waals surface area (Å²) in [4.78, 5) is 0. The monoisotopic (exact) mass is 205 g/mol. The van der Waals surface area contributed by atoms with E-state index in [1.807, 2.05) is 36.0 Å². The molecule has 80 valence electrons. The fourth-order valence-corrected chi connectivity index (χ4v) is 1.60. The zero-order valence-corrected chi connectivity index (χ0v) is 8.97. The molecule has 4 heteroatoms. The van der Waals surface area contributed by atoms with E-state index in [0.717, 1.165) is 23.2 Å². The Morgan fingerprint density at radius 2 is 2.33 bits per heavy atom. The van der Waals surface area contributed by atoms with Crippen LogP contribution in [0.2, 0.25) is 0 Å². The molecule has 0 amide bonds. The van der Waals surface area contributed by atoms with Crippen molar-refractivity contribution in [2.75, 3.05) is 7.11 Å². The van der Waals surface area contributed by atoms with Gasteiger partial charge in [0.2, 0.25) is 0 Å². The number of methoxy groups -OCH3 is 1. The maximum Gasteiger partial charge on any atom is 0.121 e. The van der Waals surface area contributed by atoms with E-state index in [1.54, 1.807) is 7.11 Å². The Morgan fingerprint density at radius 3 is 3.00 bits per heavy atom. The van der Waals surface area contributed by atoms with Crippen LogP contribution >= 0.6 is 0 Å². The molecule has 0 spiro atoms. The lowest BCUT2D eigenvalue weighted by molar-refractivity contribution is 0.415. The van der Waals surface area contributed by atoms with Crippen LogP contribution in [0.3, 0.4) is 0 Å². The molecule has 1 aromatic heterocycles. The third kappa shape index (κ3) is 1.94. The average Bonchev–Trinajstić information content (AvgIpc) is 2.60. The molecular weight excluding hydrogens is 190 g/mol. The highest BCUT2D eigenvalue weighted by atomic mass is 16.5. The third-order valence-electron chi connectivity index (χ3n) is 2.31. The molecule has 1 aromatic carbocycles. The lowest BCUT2D eigenvalue weighted by atomic mass is 10.2. The van der Waals surface area contributed by atoms with Gasteiger partial charge in [0.05, 0.1) is 25.4 Å². The van der Waals surface area contributed by atoms with Gasteiger partial charge >= 0.3 is 0 Å². The second kappa shape index (κ2) is 3.90. The van der Waals surface area contributed by atoms with Crippen LogP contribution in [0.15, 0.2) is 24.4 Å². The van der Waals surface area contributed by atoms with E-state index in [0.29, 0.717) is 0 Å². The normalized spacial score (nSPS) is 13.0. The zero-order chi connectivity index (χ0) is 10.8. The first-order valence-electron chi connectivity index (χ1n) is 4.96. The van der Waals surface area contributed by atoms with Gasteiger partial charge in [-0.15, -0.1) is 0 Å². The minimum absolute atomic E-state index is 0.0966. The zero-order valence-electron chi connectivity index (χ0n) is 8.97. The second-order valence-corrected chi connectivity index (χ2v) is 3.73. The molecule has 2 N–H and O–H groups in total. The maximum atomic E-state index is 5.75. The summed E-state index contributed by atoms with van der Waals surface area (Å²) in [5.41, 5.74) is 6.81. The van der Waals surface area contributed by atoms with Crippen molar-refractivity contribution in [2.45, 2.75) is 19.5 Å². The number of fused-ring (bicyclic) bond motifs is 1. The van der Waals surface area contributed by atoms with Crippen LogP contribution in [-0.2, 0) is 6.54 Å². The van der Waals surface area contributed by atoms with Crippen molar-refractivity contribution in [1.82, 2.24) is 9.78 Å². The van der Waals surface area contributed by atoms with Crippen molar-refractivity contribution >= 4 is 10.9 Å². The number of ether oxygens (including phenoxy) is 1. The Morgan fingerprint density at radius 1 is 1.53 bits per heavy atom. The molecule has 2 rings (SSSR count). The van der Waals surface area contributed by atoms with Gasteiger partial charge in [0.25, 0.3) is 0 Å². The molecule has 0 unspecified atom stereocenters. The van der Waals surface area contributed by atoms with Gasteiger partial charge in [-0.1, -0.05) is 0 Å². The van der Waals surface area contributed by atoms with Gasteiger partial charge in [0, 0.05) is 17.5 Å². The quantitative estimate of drug-likeness (QED) is 0.823. The highest BCUT2D eigenvalue weighted by Crippen LogP contribution is 2.20. The highest BCUT2D eigenvalue weighted by Gasteiger charge is 2.05. The van der Waals surface area contributed by atoms with E-state index in [4.69, 9.17) is 10.5 Å². The van der Waals surface area contributed by atoms with Crippen LogP contribution < -0.4 is 10.5 Å². The second-order valence-electron chi connectivity index (χ2n) is 3.73. The molecule has 0 aliphatic heterocycles. The summed E-state index contributed by atoms with van der Waals surface area (Å²) in [6.45, 7) is 2.68. The van der Waals surface area contributed by atoms with Crippen LogP contribution in [0.4, 0.5) is 0 Å². The van der Waals surface area contributed by atoms with E-state index in [-0.39, 0.29) is 6.04 Å². The topological polar surface area (TPSA) is 53.1 Å². The molecule has 0 aliphatic carbocycles. The van der Waals surface area contributed by atoms with E-state index >= 15 is 0 Å². The summed E-state index contributed by atoms with van der Waals surface area (Å²) in [6.07, 6.45) is 1.84. The molecule has 0 aliphatic rings. The Kier molecular flexibility index (Phi) is 2.60. The van der Waals surface area contributed by atoms with Gasteiger partial charge < -0.3 is 10.5 Å². The van der Waals surface area contributed by atoms with Crippen LogP contribution in [-0.4, -0.2) is 22.9 Å². The van der Waals surface area contributed by atoms with Gasteiger partial charge in [0.15, 0.2) is 0 Å². The summed E-state index contributed by atoms with van der Waals surface area (Å²) in [6, 6.07) is 6.00. The number of nitrogens with zero attached hydrogens (tertiary/aromatic N) is 2. The van der Waals surface area contributed by atoms with E-state index in [9.17, 15) is 0 Å². The van der Waals surface area contributed by atoms with E-state index in [1.165, 1.54) is 0 Å². The lowest BCUT2D eigenvalue weighted by Crippen LogP contribution is -2.22. The minimum Gasteiger partial charge on any atom is -0.497 e. The molecule has 1 atom stereocenters. The third-order valence-corrected chi connectivity index (χ3v) is 2.31. The van der Waals surface area contributed by atoms with Gasteiger partial charge in [0.1, 0.15) is 5.75 Å². The fraction of sp³-hybridized carbons (Fsp3) is 0.364. The number of rotatable bonds is 3. The van der Waals surface area contributed by atoms with Crippen LogP contribution in [0.1, 0.15) is 6.92 Å². The molecular formula is C11H15N3O. The smallest absolute Gasteiger partial charge is 0.121 e. The van der Waals surface area contributed by atoms with Gasteiger partial charge in [-0.25, -0.2) is 0 Å². The number of hydrogen-bond donors (Lipinski definition) is 1. The van der Waals surface area contributed by atoms with Crippen molar-refractivity contribution < 1.29 is 4.74 Å². The Balaban J connectivity index is 2.46. The highest BCUT2D eigenvalue weighted by molar-refractivity contribution is 5.80. The molecule has 2 aromatic rings. The molecule has 1 heterocycles. The fourth-order valence-electron chi connectivity index (χ4n) is 1.60. The molecule has 15 heavy (non-hydrogen) atoms. The lowest BCUT2D eigenvalue weighted by Gasteiger charge is -2.07. The number of aromatic nitrogens is 2. The number of nitrogens with two attached hydrogens (primary N) is 1. The predicted octanol–water partition coefficient (Wildman–Crippen LogP) is 1.39. The van der Waals surface area contributed by atoms with Crippen LogP contribution in [0, 0.1) is 0 Å². The number of benzene rings is 1. The summed E-state index contributed by atoms with van der Waals surface area (Å²) < 4.78 is 7.08. The molecule has 0 radical (unpaired) electrons. The largest absolute Gasteiger partial charge is 0.497 e. The van der Waals surface area contributed by atoms with Crippen LogP contribution in [0.25, 0.3) is 10.9 Å². The van der Waals surface area contributed by atoms with Gasteiger partial charge in [-0.05, 0) is 19.1 Å². The molecule has 0 saturated heterocycles. The Bertz CT molecular complexity index is 462. The minimum atomic E-state index is 0.0966. The standard InChI is InChI=1S/C11H15N3O/c1-8(12)7-14-11-5-10(15-2)4-3-9(11)6-13-14/h3-6,8H,7,12H2,1-2H3/t8-/m0/s1. The molecule has 0 saturated carbocycles. The summed E-state index contributed by atoms with van der Waals surface area (Å²) >= 11 is 0.